The van der Waals surface area contributed by atoms with Crippen molar-refractivity contribution in [3.63, 3.8) is 0 Å². The summed E-state index contributed by atoms with van der Waals surface area (Å²) in [7, 11) is 0. The molecular formula is C14H22N2O. The molecule has 94 valence electrons. The largest absolute Gasteiger partial charge is 0.478 e. The van der Waals surface area contributed by atoms with E-state index >= 15 is 0 Å². The summed E-state index contributed by atoms with van der Waals surface area (Å²) in [6.07, 6.45) is 11.7. The van der Waals surface area contributed by atoms with Crippen LogP contribution >= 0.6 is 0 Å². The Kier molecular flexibility index (Phi) is 3.34. The van der Waals surface area contributed by atoms with E-state index in [-0.39, 0.29) is 0 Å². The smallest absolute Gasteiger partial charge is 0.208 e. The van der Waals surface area contributed by atoms with Crippen LogP contribution in [0, 0.1) is 17.8 Å². The van der Waals surface area contributed by atoms with E-state index < -0.39 is 0 Å². The van der Waals surface area contributed by atoms with Crippen LogP contribution < -0.4 is 4.74 Å². The van der Waals surface area contributed by atoms with Gasteiger partial charge in [0, 0.05) is 6.07 Å². The molecule has 2 fully saturated rings. The minimum Gasteiger partial charge on any atom is -0.478 e. The first-order valence-corrected chi connectivity index (χ1v) is 7.05. The van der Waals surface area contributed by atoms with Crippen molar-refractivity contribution in [2.24, 2.45) is 17.8 Å². The second-order valence-corrected chi connectivity index (χ2v) is 5.60. The van der Waals surface area contributed by atoms with E-state index in [2.05, 4.69) is 10.2 Å². The third-order valence-electron chi connectivity index (χ3n) is 4.69. The van der Waals surface area contributed by atoms with Gasteiger partial charge in [-0.05, 0) is 24.2 Å². The fourth-order valence-corrected chi connectivity index (χ4v) is 3.22. The quantitative estimate of drug-likeness (QED) is 0.819. The van der Waals surface area contributed by atoms with Crippen molar-refractivity contribution in [2.45, 2.75) is 44.9 Å². The van der Waals surface area contributed by atoms with Crippen LogP contribution in [0.25, 0.3) is 0 Å². The van der Waals surface area contributed by atoms with Crippen molar-refractivity contribution in [2.75, 3.05) is 6.61 Å². The van der Waals surface area contributed by atoms with Crippen molar-refractivity contribution in [3.05, 3.63) is 12.3 Å². The lowest BCUT2D eigenvalue weighted by Gasteiger charge is -2.42. The van der Waals surface area contributed by atoms with Gasteiger partial charge in [-0.2, -0.15) is 5.10 Å². The number of hydrogen-bond donors (Lipinski definition) is 1. The molecule has 3 heteroatoms. The first kappa shape index (κ1) is 11.1. The number of nitrogens with one attached hydrogen (secondary N) is 1. The molecule has 1 aromatic heterocycles. The Balaban J connectivity index is 1.46. The van der Waals surface area contributed by atoms with E-state index in [1.807, 2.05) is 6.07 Å². The van der Waals surface area contributed by atoms with Gasteiger partial charge in [0.05, 0.1) is 12.8 Å². The summed E-state index contributed by atoms with van der Waals surface area (Å²) in [4.78, 5) is 0. The van der Waals surface area contributed by atoms with Crippen LogP contribution in [0.3, 0.4) is 0 Å². The molecule has 0 saturated heterocycles. The summed E-state index contributed by atoms with van der Waals surface area (Å²) in [6, 6.07) is 1.89. The second kappa shape index (κ2) is 5.11. The summed E-state index contributed by atoms with van der Waals surface area (Å²) in [5.74, 6) is 3.75. The summed E-state index contributed by atoms with van der Waals surface area (Å²) < 4.78 is 5.70. The van der Waals surface area contributed by atoms with E-state index in [0.29, 0.717) is 0 Å². The number of nitrogens with zero attached hydrogens (tertiary/aromatic N) is 1. The summed E-state index contributed by atoms with van der Waals surface area (Å²) in [6.45, 7) is 0.847. The van der Waals surface area contributed by atoms with E-state index in [0.717, 1.165) is 30.2 Å². The van der Waals surface area contributed by atoms with Crippen LogP contribution in [0.1, 0.15) is 44.9 Å². The SMILES string of the molecule is c1cc(OCCC(C2CCC2)C2CCC2)[nH]n1. The third kappa shape index (κ3) is 2.48. The standard InChI is InChI=1S/C14H22N2O/c1-3-11(4-1)13(12-5-2-6-12)8-10-17-14-7-9-15-16-14/h7,9,11-13H,1-6,8,10H2,(H,15,16). The van der Waals surface area contributed by atoms with Gasteiger partial charge in [0.1, 0.15) is 0 Å². The fourth-order valence-electron chi connectivity index (χ4n) is 3.22. The summed E-state index contributed by atoms with van der Waals surface area (Å²) >= 11 is 0. The lowest BCUT2D eigenvalue weighted by Crippen LogP contribution is -2.33. The summed E-state index contributed by atoms with van der Waals surface area (Å²) in [5.41, 5.74) is 0. The summed E-state index contributed by atoms with van der Waals surface area (Å²) in [5, 5.41) is 6.75. The maximum absolute atomic E-state index is 5.70. The van der Waals surface area contributed by atoms with Gasteiger partial charge in [-0.15, -0.1) is 0 Å². The molecular weight excluding hydrogens is 212 g/mol. The topological polar surface area (TPSA) is 37.9 Å². The molecule has 0 aliphatic heterocycles. The monoisotopic (exact) mass is 234 g/mol. The van der Waals surface area contributed by atoms with E-state index in [9.17, 15) is 0 Å². The van der Waals surface area contributed by atoms with Gasteiger partial charge in [-0.3, -0.25) is 0 Å². The Hall–Kier alpha value is -0.990. The molecule has 3 rings (SSSR count). The molecule has 0 amide bonds. The number of rotatable bonds is 6. The minimum atomic E-state index is 0.811. The van der Waals surface area contributed by atoms with Gasteiger partial charge >= 0.3 is 0 Å². The molecule has 1 aromatic rings. The highest BCUT2D eigenvalue weighted by Gasteiger charge is 2.35. The van der Waals surface area contributed by atoms with Gasteiger partial charge in [0.2, 0.25) is 5.88 Å². The van der Waals surface area contributed by atoms with E-state index in [1.54, 1.807) is 6.20 Å². The highest BCUT2D eigenvalue weighted by molar-refractivity contribution is 5.03. The Labute approximate surface area is 103 Å². The van der Waals surface area contributed by atoms with Crippen molar-refractivity contribution < 1.29 is 4.74 Å². The predicted octanol–water partition coefficient (Wildman–Crippen LogP) is 3.40. The van der Waals surface area contributed by atoms with Gasteiger partial charge < -0.3 is 4.74 Å². The minimum absolute atomic E-state index is 0.811. The molecule has 2 aliphatic rings. The Morgan fingerprint density at radius 3 is 2.41 bits per heavy atom. The number of aromatic nitrogens is 2. The van der Waals surface area contributed by atoms with Crippen LogP contribution in [-0.2, 0) is 0 Å². The zero-order valence-corrected chi connectivity index (χ0v) is 10.4. The van der Waals surface area contributed by atoms with Gasteiger partial charge in [-0.1, -0.05) is 38.5 Å². The van der Waals surface area contributed by atoms with Crippen molar-refractivity contribution in [1.29, 1.82) is 0 Å². The Morgan fingerprint density at radius 1 is 1.24 bits per heavy atom. The van der Waals surface area contributed by atoms with Gasteiger partial charge in [0.15, 0.2) is 0 Å². The zero-order valence-electron chi connectivity index (χ0n) is 10.4. The van der Waals surface area contributed by atoms with Crippen LogP contribution in [0.5, 0.6) is 5.88 Å². The first-order valence-electron chi connectivity index (χ1n) is 7.05. The highest BCUT2D eigenvalue weighted by Crippen LogP contribution is 2.45. The van der Waals surface area contributed by atoms with Crippen molar-refractivity contribution in [3.8, 4) is 5.88 Å². The number of aromatic amines is 1. The molecule has 0 radical (unpaired) electrons. The molecule has 0 atom stereocenters. The average Bonchev–Trinajstić information content (AvgIpc) is 2.64. The molecule has 2 saturated carbocycles. The maximum Gasteiger partial charge on any atom is 0.208 e. The van der Waals surface area contributed by atoms with Crippen LogP contribution in [0.4, 0.5) is 0 Å². The molecule has 0 aromatic carbocycles. The lowest BCUT2D eigenvalue weighted by molar-refractivity contribution is 0.0721. The molecule has 1 heterocycles. The number of hydrogen-bond acceptors (Lipinski definition) is 2. The van der Waals surface area contributed by atoms with Gasteiger partial charge in [-0.25, -0.2) is 5.10 Å². The highest BCUT2D eigenvalue weighted by atomic mass is 16.5. The predicted molar refractivity (Wildman–Crippen MR) is 66.9 cm³/mol. The molecule has 3 nitrogen and oxygen atoms in total. The fraction of sp³-hybridized carbons (Fsp3) is 0.786. The van der Waals surface area contributed by atoms with Crippen LogP contribution in [0.15, 0.2) is 12.3 Å². The van der Waals surface area contributed by atoms with Crippen LogP contribution in [-0.4, -0.2) is 16.8 Å². The third-order valence-corrected chi connectivity index (χ3v) is 4.69. The average molecular weight is 234 g/mol. The van der Waals surface area contributed by atoms with Crippen molar-refractivity contribution >= 4 is 0 Å². The zero-order chi connectivity index (χ0) is 11.5. The normalized spacial score (nSPS) is 21.2. The van der Waals surface area contributed by atoms with E-state index in [1.165, 1.54) is 44.9 Å². The Morgan fingerprint density at radius 2 is 1.94 bits per heavy atom. The number of H-pyrrole nitrogens is 1. The van der Waals surface area contributed by atoms with Gasteiger partial charge in [0.25, 0.3) is 0 Å². The van der Waals surface area contributed by atoms with Crippen LogP contribution in [0.2, 0.25) is 0 Å². The first-order chi connectivity index (χ1) is 8.43. The van der Waals surface area contributed by atoms with E-state index in [4.69, 9.17) is 4.74 Å². The molecule has 1 N–H and O–H groups in total. The van der Waals surface area contributed by atoms with Crippen molar-refractivity contribution in [1.82, 2.24) is 10.2 Å². The lowest BCUT2D eigenvalue weighted by atomic mass is 9.63. The molecule has 17 heavy (non-hydrogen) atoms. The second-order valence-electron chi connectivity index (χ2n) is 5.60. The Bertz CT molecular complexity index is 314. The molecule has 0 spiro atoms. The molecule has 0 bridgehead atoms. The molecule has 2 aliphatic carbocycles. The maximum atomic E-state index is 5.70. The number of ether oxygens (including phenoxy) is 1. The molecule has 0 unspecified atom stereocenters.